The van der Waals surface area contributed by atoms with Crippen molar-refractivity contribution in [2.45, 2.75) is 31.7 Å². The van der Waals surface area contributed by atoms with E-state index in [1.54, 1.807) is 19.1 Å². The molecule has 0 aliphatic carbocycles. The van der Waals surface area contributed by atoms with Crippen LogP contribution in [0.5, 0.6) is 0 Å². The highest BCUT2D eigenvalue weighted by Gasteiger charge is 2.11. The Hall–Kier alpha value is -1.18. The molecule has 0 unspecified atom stereocenters. The van der Waals surface area contributed by atoms with E-state index in [2.05, 4.69) is 15.4 Å². The highest BCUT2D eigenvalue weighted by Crippen LogP contribution is 2.13. The third kappa shape index (κ3) is 5.14. The second-order valence-electron chi connectivity index (χ2n) is 4.28. The third-order valence-electron chi connectivity index (χ3n) is 2.18. The van der Waals surface area contributed by atoms with Gasteiger partial charge in [-0.25, -0.2) is 13.1 Å². The van der Waals surface area contributed by atoms with E-state index in [1.165, 1.54) is 12.1 Å². The van der Waals surface area contributed by atoms with Gasteiger partial charge >= 0.3 is 0 Å². The molecular formula is C12H19N3O2S2. The van der Waals surface area contributed by atoms with Crippen LogP contribution < -0.4 is 15.4 Å². The summed E-state index contributed by atoms with van der Waals surface area (Å²) >= 11 is 5.11. The Kier molecular flexibility index (Phi) is 5.71. The predicted octanol–water partition coefficient (Wildman–Crippen LogP) is 1.68. The van der Waals surface area contributed by atoms with E-state index in [9.17, 15) is 8.42 Å². The van der Waals surface area contributed by atoms with E-state index in [-0.39, 0.29) is 10.9 Å². The lowest BCUT2D eigenvalue weighted by molar-refractivity contribution is 0.584. The molecule has 0 spiro atoms. The maximum atomic E-state index is 11.7. The summed E-state index contributed by atoms with van der Waals surface area (Å²) in [6.45, 7) is 6.08. The Labute approximate surface area is 119 Å². The number of benzene rings is 1. The van der Waals surface area contributed by atoms with Crippen LogP contribution in [0.2, 0.25) is 0 Å². The minimum atomic E-state index is -3.40. The molecule has 19 heavy (non-hydrogen) atoms. The molecule has 1 aromatic rings. The van der Waals surface area contributed by atoms with Gasteiger partial charge in [-0.15, -0.1) is 0 Å². The van der Waals surface area contributed by atoms with Crippen LogP contribution in [0, 0.1) is 0 Å². The van der Waals surface area contributed by atoms with E-state index in [0.717, 1.165) is 5.69 Å². The largest absolute Gasteiger partial charge is 0.360 e. The zero-order valence-corrected chi connectivity index (χ0v) is 12.9. The van der Waals surface area contributed by atoms with Crippen LogP contribution in [0.25, 0.3) is 0 Å². The van der Waals surface area contributed by atoms with Crippen molar-refractivity contribution in [2.24, 2.45) is 0 Å². The number of nitrogens with one attached hydrogen (secondary N) is 3. The molecule has 0 atom stereocenters. The molecule has 0 aliphatic rings. The molecule has 5 nitrogen and oxygen atoms in total. The van der Waals surface area contributed by atoms with Gasteiger partial charge in [-0.3, -0.25) is 0 Å². The molecular weight excluding hydrogens is 282 g/mol. The minimum absolute atomic E-state index is 0.239. The molecule has 0 saturated carbocycles. The first-order chi connectivity index (χ1) is 8.85. The first-order valence-corrected chi connectivity index (χ1v) is 7.91. The van der Waals surface area contributed by atoms with Crippen LogP contribution in [0.15, 0.2) is 29.2 Å². The van der Waals surface area contributed by atoms with E-state index < -0.39 is 10.0 Å². The lowest BCUT2D eigenvalue weighted by Gasteiger charge is -2.13. The molecule has 0 fully saturated rings. The van der Waals surface area contributed by atoms with E-state index in [4.69, 9.17) is 12.2 Å². The molecule has 0 aromatic heterocycles. The summed E-state index contributed by atoms with van der Waals surface area (Å²) in [4.78, 5) is 0.239. The van der Waals surface area contributed by atoms with Crippen LogP contribution in [0.4, 0.5) is 5.69 Å². The smallest absolute Gasteiger partial charge is 0.240 e. The number of hydrogen-bond donors (Lipinski definition) is 3. The first kappa shape index (κ1) is 15.9. The number of rotatable bonds is 5. The highest BCUT2D eigenvalue weighted by atomic mass is 32.2. The molecule has 106 valence electrons. The van der Waals surface area contributed by atoms with Gasteiger partial charge < -0.3 is 10.6 Å². The van der Waals surface area contributed by atoms with Crippen molar-refractivity contribution in [1.82, 2.24) is 10.0 Å². The molecule has 0 saturated heterocycles. The van der Waals surface area contributed by atoms with Crippen molar-refractivity contribution in [3.05, 3.63) is 24.3 Å². The summed E-state index contributed by atoms with van der Waals surface area (Å²) in [6, 6.07) is 6.68. The Bertz CT molecular complexity index is 524. The lowest BCUT2D eigenvalue weighted by Crippen LogP contribution is -2.33. The number of thiocarbonyl (C=S) groups is 1. The Morgan fingerprint density at radius 2 is 1.84 bits per heavy atom. The maximum Gasteiger partial charge on any atom is 0.240 e. The van der Waals surface area contributed by atoms with Gasteiger partial charge in [0, 0.05) is 18.3 Å². The molecule has 1 aromatic carbocycles. The molecule has 0 amide bonds. The summed E-state index contributed by atoms with van der Waals surface area (Å²) in [5, 5.41) is 6.55. The topological polar surface area (TPSA) is 70.2 Å². The summed E-state index contributed by atoms with van der Waals surface area (Å²) in [6.07, 6.45) is 0. The quantitative estimate of drug-likeness (QED) is 0.722. The van der Waals surface area contributed by atoms with Crippen LogP contribution in [0.1, 0.15) is 20.8 Å². The normalized spacial score (nSPS) is 11.4. The van der Waals surface area contributed by atoms with Crippen molar-refractivity contribution in [3.63, 3.8) is 0 Å². The number of hydrogen-bond acceptors (Lipinski definition) is 3. The number of anilines is 1. The van der Waals surface area contributed by atoms with Crippen LogP contribution in [-0.4, -0.2) is 26.1 Å². The summed E-state index contributed by atoms with van der Waals surface area (Å²) in [7, 11) is -3.40. The second-order valence-corrected chi connectivity index (χ2v) is 6.45. The van der Waals surface area contributed by atoms with Crippen LogP contribution >= 0.6 is 12.2 Å². The average Bonchev–Trinajstić information content (AvgIpc) is 2.28. The molecule has 0 bridgehead atoms. The highest BCUT2D eigenvalue weighted by molar-refractivity contribution is 7.89. The second kappa shape index (κ2) is 6.83. The van der Waals surface area contributed by atoms with Gasteiger partial charge in [-0.05, 0) is 50.3 Å². The zero-order chi connectivity index (χ0) is 14.5. The van der Waals surface area contributed by atoms with Gasteiger partial charge in [0.05, 0.1) is 4.90 Å². The average molecular weight is 301 g/mol. The van der Waals surface area contributed by atoms with Gasteiger partial charge in [-0.1, -0.05) is 6.92 Å². The third-order valence-corrected chi connectivity index (χ3v) is 3.96. The van der Waals surface area contributed by atoms with Crippen LogP contribution in [-0.2, 0) is 10.0 Å². The fraction of sp³-hybridized carbons (Fsp3) is 0.417. The molecule has 0 aliphatic heterocycles. The van der Waals surface area contributed by atoms with Crippen molar-refractivity contribution in [2.75, 3.05) is 11.9 Å². The predicted molar refractivity (Wildman–Crippen MR) is 81.8 cm³/mol. The fourth-order valence-electron chi connectivity index (χ4n) is 1.42. The maximum absolute atomic E-state index is 11.7. The van der Waals surface area contributed by atoms with Crippen molar-refractivity contribution in [3.8, 4) is 0 Å². The first-order valence-electron chi connectivity index (χ1n) is 6.02. The Morgan fingerprint density at radius 1 is 1.26 bits per heavy atom. The standard InChI is InChI=1S/C12H19N3O2S2/c1-4-13-19(16,17)11-7-5-10(6-8-11)15-12(18)14-9(2)3/h5-9,13H,4H2,1-3H3,(H2,14,15,18). The fourth-order valence-corrected chi connectivity index (χ4v) is 2.81. The van der Waals surface area contributed by atoms with Gasteiger partial charge in [-0.2, -0.15) is 0 Å². The zero-order valence-electron chi connectivity index (χ0n) is 11.2. The molecule has 0 heterocycles. The van der Waals surface area contributed by atoms with Crippen molar-refractivity contribution in [1.29, 1.82) is 0 Å². The Balaban J connectivity index is 2.75. The van der Waals surface area contributed by atoms with Crippen LogP contribution in [0.3, 0.4) is 0 Å². The van der Waals surface area contributed by atoms with Crippen molar-refractivity contribution < 1.29 is 8.42 Å². The summed E-state index contributed by atoms with van der Waals surface area (Å²) < 4.78 is 25.9. The van der Waals surface area contributed by atoms with E-state index in [1.807, 2.05) is 13.8 Å². The molecule has 1 rings (SSSR count). The number of sulfonamides is 1. The monoisotopic (exact) mass is 301 g/mol. The lowest BCUT2D eigenvalue weighted by atomic mass is 10.3. The van der Waals surface area contributed by atoms with Gasteiger partial charge in [0.1, 0.15) is 0 Å². The van der Waals surface area contributed by atoms with E-state index >= 15 is 0 Å². The SMILES string of the molecule is CCNS(=O)(=O)c1ccc(NC(=S)NC(C)C)cc1. The summed E-state index contributed by atoms with van der Waals surface area (Å²) in [5.74, 6) is 0. The van der Waals surface area contributed by atoms with Gasteiger partial charge in [0.15, 0.2) is 5.11 Å². The van der Waals surface area contributed by atoms with Gasteiger partial charge in [0.25, 0.3) is 0 Å². The van der Waals surface area contributed by atoms with E-state index in [0.29, 0.717) is 11.7 Å². The summed E-state index contributed by atoms with van der Waals surface area (Å²) in [5.41, 5.74) is 0.744. The molecule has 7 heteroatoms. The minimum Gasteiger partial charge on any atom is -0.360 e. The molecule has 0 radical (unpaired) electrons. The van der Waals surface area contributed by atoms with Gasteiger partial charge in [0.2, 0.25) is 10.0 Å². The Morgan fingerprint density at radius 3 is 2.32 bits per heavy atom. The van der Waals surface area contributed by atoms with Crippen molar-refractivity contribution >= 4 is 33.0 Å². The molecule has 3 N–H and O–H groups in total.